The van der Waals surface area contributed by atoms with Crippen LogP contribution in [0.2, 0.25) is 5.15 Å². The zero-order chi connectivity index (χ0) is 8.43. The minimum absolute atomic E-state index is 0.0306. The molecule has 3 nitrogen and oxygen atoms in total. The summed E-state index contributed by atoms with van der Waals surface area (Å²) in [6, 6.07) is 1.55. The van der Waals surface area contributed by atoms with Crippen LogP contribution in [0.1, 0.15) is 10.4 Å². The summed E-state index contributed by atoms with van der Waals surface area (Å²) in [4.78, 5) is 14.0. The van der Waals surface area contributed by atoms with Crippen LogP contribution in [0.25, 0.3) is 0 Å². The van der Waals surface area contributed by atoms with Crippen LogP contribution >= 0.6 is 34.2 Å². The molecule has 0 aliphatic rings. The van der Waals surface area contributed by atoms with Gasteiger partial charge in [0.1, 0.15) is 5.15 Å². The predicted octanol–water partition coefficient (Wildman–Crippen LogP) is 0.703. The highest BCUT2D eigenvalue weighted by atomic mass is 127. The van der Waals surface area contributed by atoms with Crippen LogP contribution in [0.15, 0.2) is 12.3 Å². The lowest BCUT2D eigenvalue weighted by Crippen LogP contribution is -2.24. The fraction of sp³-hybridized carbons (Fsp3) is 0. The molecule has 0 fully saturated rings. The molecule has 0 radical (unpaired) electrons. The number of carboxylic acid groups (broad SMARTS) is 1. The summed E-state index contributed by atoms with van der Waals surface area (Å²) in [5.74, 6) is -1.30. The fourth-order valence-electron chi connectivity index (χ4n) is 0.596. The van der Waals surface area contributed by atoms with Crippen LogP contribution < -0.4 is 5.11 Å². The number of hydrogen-bond donors (Lipinski definition) is 0. The Morgan fingerprint density at radius 3 is 2.73 bits per heavy atom. The number of rotatable bonds is 1. The van der Waals surface area contributed by atoms with Gasteiger partial charge in [-0.3, -0.25) is 0 Å². The molecule has 1 aromatic heterocycles. The molecule has 0 spiro atoms. The van der Waals surface area contributed by atoms with Gasteiger partial charge in [0.2, 0.25) is 0 Å². The van der Waals surface area contributed by atoms with E-state index in [4.69, 9.17) is 11.6 Å². The second-order valence-corrected chi connectivity index (χ2v) is 3.27. The van der Waals surface area contributed by atoms with Crippen LogP contribution in [-0.2, 0) is 0 Å². The molecule has 1 rings (SSSR count). The van der Waals surface area contributed by atoms with Gasteiger partial charge in [0.25, 0.3) is 0 Å². The van der Waals surface area contributed by atoms with Crippen molar-refractivity contribution in [2.75, 3.05) is 0 Å². The smallest absolute Gasteiger partial charge is 0.139 e. The maximum atomic E-state index is 10.4. The topological polar surface area (TPSA) is 53.0 Å². The van der Waals surface area contributed by atoms with Crippen LogP contribution in [0.4, 0.5) is 0 Å². The fourth-order valence-corrected chi connectivity index (χ4v) is 1.63. The average Bonchev–Trinajstić information content (AvgIpc) is 1.85. The van der Waals surface area contributed by atoms with E-state index in [1.165, 1.54) is 6.20 Å². The molecule has 0 aromatic carbocycles. The highest BCUT2D eigenvalue weighted by molar-refractivity contribution is 14.1. The minimum atomic E-state index is -1.30. The number of hydrogen-bond acceptors (Lipinski definition) is 3. The Bertz CT molecular complexity index is 282. The first-order valence-corrected chi connectivity index (χ1v) is 4.10. The number of nitrogens with zero attached hydrogens (tertiary/aromatic N) is 1. The molecule has 0 amide bonds. The summed E-state index contributed by atoms with van der Waals surface area (Å²) in [6.45, 7) is 0. The van der Waals surface area contributed by atoms with Crippen molar-refractivity contribution in [3.63, 3.8) is 0 Å². The Labute approximate surface area is 81.5 Å². The largest absolute Gasteiger partial charge is 0.545 e. The monoisotopic (exact) mass is 282 g/mol. The van der Waals surface area contributed by atoms with E-state index in [2.05, 4.69) is 4.98 Å². The lowest BCUT2D eigenvalue weighted by Gasteiger charge is -2.05. The highest BCUT2D eigenvalue weighted by Crippen LogP contribution is 2.17. The molecule has 5 heteroatoms. The number of aromatic carboxylic acids is 1. The van der Waals surface area contributed by atoms with Crippen molar-refractivity contribution in [1.29, 1.82) is 0 Å². The Morgan fingerprint density at radius 1 is 1.73 bits per heavy atom. The van der Waals surface area contributed by atoms with E-state index in [0.29, 0.717) is 3.57 Å². The SMILES string of the molecule is O=C([O-])c1c(I)ccnc1Cl. The Balaban J connectivity index is 3.32. The molecular weight excluding hydrogens is 280 g/mol. The summed E-state index contributed by atoms with van der Waals surface area (Å²) in [7, 11) is 0. The van der Waals surface area contributed by atoms with Crippen molar-refractivity contribution < 1.29 is 9.90 Å². The molecule has 0 N–H and O–H groups in total. The Hall–Kier alpha value is -0.360. The van der Waals surface area contributed by atoms with Crippen molar-refractivity contribution in [3.05, 3.63) is 26.5 Å². The first-order chi connectivity index (χ1) is 5.13. The summed E-state index contributed by atoms with van der Waals surface area (Å²) in [5, 5.41) is 10.4. The summed E-state index contributed by atoms with van der Waals surface area (Å²) in [6.07, 6.45) is 1.44. The van der Waals surface area contributed by atoms with Crippen LogP contribution in [-0.4, -0.2) is 11.0 Å². The van der Waals surface area contributed by atoms with Gasteiger partial charge in [0.05, 0.1) is 5.97 Å². The minimum Gasteiger partial charge on any atom is -0.545 e. The summed E-state index contributed by atoms with van der Waals surface area (Å²) in [5.41, 5.74) is -0.0465. The molecule has 0 aliphatic heterocycles. The van der Waals surface area contributed by atoms with E-state index in [1.807, 2.05) is 22.6 Å². The third-order valence-corrected chi connectivity index (χ3v) is 2.24. The van der Waals surface area contributed by atoms with Gasteiger partial charge in [0, 0.05) is 15.3 Å². The van der Waals surface area contributed by atoms with Crippen molar-refractivity contribution in [1.82, 2.24) is 4.98 Å². The molecule has 0 aliphatic carbocycles. The second-order valence-electron chi connectivity index (χ2n) is 1.75. The molecule has 1 aromatic rings. The summed E-state index contributed by atoms with van der Waals surface area (Å²) < 4.78 is 0.530. The standard InChI is InChI=1S/C6H3ClINO2/c7-5-4(6(10)11)3(8)1-2-9-5/h1-2H,(H,10,11)/p-1. The molecule has 58 valence electrons. The molecule has 0 atom stereocenters. The van der Waals surface area contributed by atoms with E-state index in [-0.39, 0.29) is 10.7 Å². The maximum Gasteiger partial charge on any atom is 0.139 e. The van der Waals surface area contributed by atoms with Gasteiger partial charge in [-0.25, -0.2) is 4.98 Å². The first kappa shape index (κ1) is 8.73. The lowest BCUT2D eigenvalue weighted by molar-refractivity contribution is -0.255. The van der Waals surface area contributed by atoms with Gasteiger partial charge in [-0.1, -0.05) is 11.6 Å². The second kappa shape index (κ2) is 3.36. The van der Waals surface area contributed by atoms with E-state index in [0.717, 1.165) is 0 Å². The molecule has 11 heavy (non-hydrogen) atoms. The molecule has 0 saturated heterocycles. The number of aromatic nitrogens is 1. The predicted molar refractivity (Wildman–Crippen MR) is 46.3 cm³/mol. The zero-order valence-electron chi connectivity index (χ0n) is 5.17. The normalized spacial score (nSPS) is 9.64. The first-order valence-electron chi connectivity index (χ1n) is 2.64. The number of pyridine rings is 1. The maximum absolute atomic E-state index is 10.4. The van der Waals surface area contributed by atoms with Crippen LogP contribution in [0.5, 0.6) is 0 Å². The highest BCUT2D eigenvalue weighted by Gasteiger charge is 2.05. The quantitative estimate of drug-likeness (QED) is 0.563. The van der Waals surface area contributed by atoms with Crippen molar-refractivity contribution >= 4 is 40.2 Å². The third-order valence-electron chi connectivity index (χ3n) is 1.06. The number of carboxylic acids is 1. The molecule has 0 bridgehead atoms. The number of carbonyl (C=O) groups is 1. The van der Waals surface area contributed by atoms with Gasteiger partial charge < -0.3 is 9.90 Å². The van der Waals surface area contributed by atoms with Gasteiger partial charge >= 0.3 is 0 Å². The van der Waals surface area contributed by atoms with E-state index >= 15 is 0 Å². The Kier molecular flexibility index (Phi) is 2.67. The van der Waals surface area contributed by atoms with Crippen molar-refractivity contribution in [2.45, 2.75) is 0 Å². The van der Waals surface area contributed by atoms with Crippen molar-refractivity contribution in [3.8, 4) is 0 Å². The molecule has 1 heterocycles. The molecule has 0 unspecified atom stereocenters. The molecule has 0 saturated carbocycles. The van der Waals surface area contributed by atoms with Gasteiger partial charge in [-0.2, -0.15) is 0 Å². The number of carbonyl (C=O) groups excluding carboxylic acids is 1. The van der Waals surface area contributed by atoms with Gasteiger partial charge in [0.15, 0.2) is 0 Å². The zero-order valence-corrected chi connectivity index (χ0v) is 8.09. The van der Waals surface area contributed by atoms with Crippen LogP contribution in [0, 0.1) is 3.57 Å². The summed E-state index contributed by atoms with van der Waals surface area (Å²) >= 11 is 7.34. The van der Waals surface area contributed by atoms with E-state index in [1.54, 1.807) is 6.07 Å². The third kappa shape index (κ3) is 1.81. The number of halogens is 2. The van der Waals surface area contributed by atoms with Gasteiger partial charge in [-0.15, -0.1) is 0 Å². The van der Waals surface area contributed by atoms with Crippen molar-refractivity contribution in [2.24, 2.45) is 0 Å². The lowest BCUT2D eigenvalue weighted by atomic mass is 10.3. The van der Waals surface area contributed by atoms with Gasteiger partial charge in [-0.05, 0) is 28.7 Å². The van der Waals surface area contributed by atoms with E-state index in [9.17, 15) is 9.90 Å². The molecular formula is C6H2ClINO2-. The van der Waals surface area contributed by atoms with E-state index < -0.39 is 5.97 Å². The average molecular weight is 282 g/mol. The van der Waals surface area contributed by atoms with Crippen LogP contribution in [0.3, 0.4) is 0 Å². The Morgan fingerprint density at radius 2 is 2.36 bits per heavy atom.